The van der Waals surface area contributed by atoms with E-state index in [1.54, 1.807) is 31.5 Å². The standard InChI is InChI=1S/C23H19Cl2N3O4S2/c1-13-5-3-8-27-19(13)26-20(32-17-7-6-14(24)11-16(17)25)15(21(27)29)12-18-22(30)28(23(33)34-18)9-4-10-31-2/h3,5-8,11-12H,4,9-10H2,1-2H3/b18-12+. The predicted molar refractivity (Wildman–Crippen MR) is 139 cm³/mol. The average molecular weight is 536 g/mol. The maximum absolute atomic E-state index is 13.5. The summed E-state index contributed by atoms with van der Waals surface area (Å²) in [6.45, 7) is 2.77. The van der Waals surface area contributed by atoms with Crippen molar-refractivity contribution in [2.75, 3.05) is 20.3 Å². The van der Waals surface area contributed by atoms with E-state index in [0.717, 1.165) is 17.3 Å². The summed E-state index contributed by atoms with van der Waals surface area (Å²) in [4.78, 5) is 32.9. The number of aromatic nitrogens is 2. The summed E-state index contributed by atoms with van der Waals surface area (Å²) in [5.41, 5.74) is 0.921. The maximum atomic E-state index is 13.5. The monoisotopic (exact) mass is 535 g/mol. The quantitative estimate of drug-likeness (QED) is 0.229. The maximum Gasteiger partial charge on any atom is 0.269 e. The zero-order chi connectivity index (χ0) is 24.4. The van der Waals surface area contributed by atoms with Crippen molar-refractivity contribution in [1.29, 1.82) is 0 Å². The predicted octanol–water partition coefficient (Wildman–Crippen LogP) is 5.34. The molecule has 1 aliphatic rings. The van der Waals surface area contributed by atoms with Gasteiger partial charge >= 0.3 is 0 Å². The number of fused-ring (bicyclic) bond motifs is 1. The van der Waals surface area contributed by atoms with E-state index < -0.39 is 5.56 Å². The number of benzene rings is 1. The normalized spacial score (nSPS) is 15.1. The average Bonchev–Trinajstić information content (AvgIpc) is 3.06. The van der Waals surface area contributed by atoms with Gasteiger partial charge in [0.05, 0.1) is 9.93 Å². The summed E-state index contributed by atoms with van der Waals surface area (Å²) in [7, 11) is 1.60. The molecule has 1 aliphatic heterocycles. The van der Waals surface area contributed by atoms with Crippen molar-refractivity contribution in [1.82, 2.24) is 14.3 Å². The number of hydrogen-bond donors (Lipinski definition) is 0. The molecule has 1 fully saturated rings. The third-order valence-electron chi connectivity index (χ3n) is 5.03. The van der Waals surface area contributed by atoms with Crippen molar-refractivity contribution in [3.05, 3.63) is 73.0 Å². The van der Waals surface area contributed by atoms with Crippen LogP contribution < -0.4 is 10.3 Å². The van der Waals surface area contributed by atoms with E-state index in [1.807, 2.05) is 13.0 Å². The number of carbonyl (C=O) groups excluding carboxylic acids is 1. The number of aryl methyl sites for hydroxylation is 1. The van der Waals surface area contributed by atoms with Gasteiger partial charge in [-0.25, -0.2) is 0 Å². The molecule has 0 spiro atoms. The molecule has 2 aromatic heterocycles. The second kappa shape index (κ2) is 10.5. The van der Waals surface area contributed by atoms with Gasteiger partial charge in [0.2, 0.25) is 5.88 Å². The zero-order valence-corrected chi connectivity index (χ0v) is 21.4. The molecule has 0 aliphatic carbocycles. The number of ether oxygens (including phenoxy) is 2. The number of carbonyl (C=O) groups is 1. The van der Waals surface area contributed by atoms with Crippen molar-refractivity contribution >= 4 is 69.1 Å². The van der Waals surface area contributed by atoms with Crippen molar-refractivity contribution < 1.29 is 14.3 Å². The molecule has 4 rings (SSSR count). The fourth-order valence-electron chi connectivity index (χ4n) is 3.35. The van der Waals surface area contributed by atoms with Crippen LogP contribution in [0, 0.1) is 6.92 Å². The summed E-state index contributed by atoms with van der Waals surface area (Å²) in [6, 6.07) is 8.33. The van der Waals surface area contributed by atoms with Gasteiger partial charge in [-0.2, -0.15) is 4.98 Å². The fraction of sp³-hybridized carbons (Fsp3) is 0.217. The SMILES string of the molecule is COCCCN1C(=O)/C(=C\c2c(Oc3ccc(Cl)cc3Cl)nc3c(C)cccn3c2=O)SC1=S. The first kappa shape index (κ1) is 24.7. The van der Waals surface area contributed by atoms with Crippen LogP contribution in [0.25, 0.3) is 11.7 Å². The third-order valence-corrected chi connectivity index (χ3v) is 6.94. The molecule has 0 unspecified atom stereocenters. The summed E-state index contributed by atoms with van der Waals surface area (Å²) in [5, 5.41) is 0.701. The Labute approximate surface area is 215 Å². The molecule has 0 radical (unpaired) electrons. The Bertz CT molecular complexity index is 1390. The molecule has 1 amide bonds. The van der Waals surface area contributed by atoms with Gasteiger partial charge in [-0.05, 0) is 49.2 Å². The minimum Gasteiger partial charge on any atom is -0.437 e. The van der Waals surface area contributed by atoms with Gasteiger partial charge in [0.25, 0.3) is 11.5 Å². The highest BCUT2D eigenvalue weighted by molar-refractivity contribution is 8.26. The van der Waals surface area contributed by atoms with Gasteiger partial charge in [-0.15, -0.1) is 0 Å². The van der Waals surface area contributed by atoms with Crippen LogP contribution in [0.4, 0.5) is 0 Å². The summed E-state index contributed by atoms with van der Waals surface area (Å²) in [6.07, 6.45) is 3.72. The molecule has 1 saturated heterocycles. The van der Waals surface area contributed by atoms with Crippen LogP contribution >= 0.6 is 47.2 Å². The highest BCUT2D eigenvalue weighted by Gasteiger charge is 2.32. The second-order valence-electron chi connectivity index (χ2n) is 7.38. The Morgan fingerprint density at radius 2 is 2.03 bits per heavy atom. The number of pyridine rings is 1. The third kappa shape index (κ3) is 4.99. The van der Waals surface area contributed by atoms with Crippen molar-refractivity contribution in [2.45, 2.75) is 13.3 Å². The molecule has 176 valence electrons. The second-order valence-corrected chi connectivity index (χ2v) is 9.90. The number of nitrogens with zero attached hydrogens (tertiary/aromatic N) is 3. The van der Waals surface area contributed by atoms with Gasteiger partial charge in [0, 0.05) is 31.5 Å². The molecule has 34 heavy (non-hydrogen) atoms. The molecular weight excluding hydrogens is 517 g/mol. The molecule has 7 nitrogen and oxygen atoms in total. The van der Waals surface area contributed by atoms with E-state index in [-0.39, 0.29) is 28.1 Å². The number of rotatable bonds is 7. The van der Waals surface area contributed by atoms with Crippen molar-refractivity contribution in [2.24, 2.45) is 0 Å². The highest BCUT2D eigenvalue weighted by Crippen LogP contribution is 2.36. The molecule has 0 N–H and O–H groups in total. The van der Waals surface area contributed by atoms with E-state index in [2.05, 4.69) is 4.98 Å². The van der Waals surface area contributed by atoms with E-state index in [1.165, 1.54) is 21.4 Å². The molecule has 3 aromatic rings. The van der Waals surface area contributed by atoms with Crippen LogP contribution in [-0.4, -0.2) is 44.8 Å². The van der Waals surface area contributed by atoms with Gasteiger partial charge in [0.15, 0.2) is 0 Å². The Morgan fingerprint density at radius 1 is 1.24 bits per heavy atom. The van der Waals surface area contributed by atoms with E-state index >= 15 is 0 Å². The summed E-state index contributed by atoms with van der Waals surface area (Å²) < 4.78 is 12.9. The van der Waals surface area contributed by atoms with Crippen LogP contribution in [0.5, 0.6) is 11.6 Å². The molecule has 0 atom stereocenters. The lowest BCUT2D eigenvalue weighted by molar-refractivity contribution is -0.122. The number of hydrogen-bond acceptors (Lipinski definition) is 7. The topological polar surface area (TPSA) is 73.1 Å². The van der Waals surface area contributed by atoms with E-state index in [0.29, 0.717) is 39.5 Å². The van der Waals surface area contributed by atoms with Gasteiger partial charge < -0.3 is 9.47 Å². The Morgan fingerprint density at radius 3 is 2.76 bits per heavy atom. The lowest BCUT2D eigenvalue weighted by Crippen LogP contribution is -2.29. The smallest absolute Gasteiger partial charge is 0.269 e. The molecule has 3 heterocycles. The fourth-order valence-corrected chi connectivity index (χ4v) is 5.08. The lowest BCUT2D eigenvalue weighted by Gasteiger charge is -2.14. The van der Waals surface area contributed by atoms with Crippen LogP contribution in [0.15, 0.2) is 46.2 Å². The lowest BCUT2D eigenvalue weighted by atomic mass is 10.2. The summed E-state index contributed by atoms with van der Waals surface area (Å²) in [5.74, 6) is 0.0150. The van der Waals surface area contributed by atoms with E-state index in [4.69, 9.17) is 44.9 Å². The van der Waals surface area contributed by atoms with Crippen molar-refractivity contribution in [3.63, 3.8) is 0 Å². The number of thiocarbonyl (C=S) groups is 1. The number of methoxy groups -OCH3 is 1. The van der Waals surface area contributed by atoms with Crippen LogP contribution in [-0.2, 0) is 9.53 Å². The van der Waals surface area contributed by atoms with Gasteiger partial charge in [-0.3, -0.25) is 18.9 Å². The molecule has 1 aromatic carbocycles. The highest BCUT2D eigenvalue weighted by atomic mass is 35.5. The largest absolute Gasteiger partial charge is 0.437 e. The van der Waals surface area contributed by atoms with Crippen molar-refractivity contribution in [3.8, 4) is 11.6 Å². The minimum atomic E-state index is -0.390. The molecule has 0 bridgehead atoms. The Hall–Kier alpha value is -2.43. The van der Waals surface area contributed by atoms with Crippen LogP contribution in [0.2, 0.25) is 10.0 Å². The first-order valence-electron chi connectivity index (χ1n) is 10.2. The first-order chi connectivity index (χ1) is 16.3. The first-order valence-corrected chi connectivity index (χ1v) is 12.2. The minimum absolute atomic E-state index is 0.0215. The molecule has 0 saturated carbocycles. The molecular formula is C23H19Cl2N3O4S2. The van der Waals surface area contributed by atoms with Crippen LogP contribution in [0.3, 0.4) is 0 Å². The van der Waals surface area contributed by atoms with Gasteiger partial charge in [0.1, 0.15) is 21.3 Å². The Kier molecular flexibility index (Phi) is 7.59. The van der Waals surface area contributed by atoms with E-state index in [9.17, 15) is 9.59 Å². The number of amides is 1. The molecule has 11 heteroatoms. The van der Waals surface area contributed by atoms with Gasteiger partial charge in [-0.1, -0.05) is 53.2 Å². The van der Waals surface area contributed by atoms with Crippen LogP contribution in [0.1, 0.15) is 17.5 Å². The Balaban J connectivity index is 1.82. The number of thioether (sulfide) groups is 1. The number of halogens is 2. The summed E-state index contributed by atoms with van der Waals surface area (Å²) >= 11 is 18.8. The zero-order valence-electron chi connectivity index (χ0n) is 18.2.